The van der Waals surface area contributed by atoms with Gasteiger partial charge >= 0.3 is 6.18 Å². The highest BCUT2D eigenvalue weighted by atomic mass is 32.2. The summed E-state index contributed by atoms with van der Waals surface area (Å²) in [7, 11) is 0. The van der Waals surface area contributed by atoms with Gasteiger partial charge in [0.25, 0.3) is 0 Å². The number of Topliss-reactive ketones (excluding diaryl/α,β-unsaturated/α-hetero) is 1. The zero-order valence-electron chi connectivity index (χ0n) is 19.8. The average Bonchev–Trinajstić information content (AvgIpc) is 3.27. The van der Waals surface area contributed by atoms with Crippen LogP contribution in [0.2, 0.25) is 0 Å². The lowest BCUT2D eigenvalue weighted by Gasteiger charge is -2.08. The van der Waals surface area contributed by atoms with Crippen LogP contribution in [0, 0.1) is 12.7 Å². The molecule has 3 rings (SSSR count). The van der Waals surface area contributed by atoms with Crippen molar-refractivity contribution in [3.05, 3.63) is 70.0 Å². The monoisotopic (exact) mass is 511 g/mol. The number of alkyl halides is 3. The van der Waals surface area contributed by atoms with Gasteiger partial charge < -0.3 is 0 Å². The number of nitrogens with zero attached hydrogens (tertiary/aromatic N) is 1. The zero-order chi connectivity index (χ0) is 25.3. The number of thioether (sulfide) groups is 1. The standard InChI is InChI=1S/C24H23F4NOS2.C2H6/c1-3-4-18(30)8-5-16-6-9-19(11-15(16)2)31-14-20-13-29-23(32-20)17-7-10-21(22(25)12-17)24(26,27)28;1-2/h6-7,9-13H,3-5,8,14H2,1-2H3;1-2H3. The minimum atomic E-state index is -4.72. The number of thiazole rings is 1. The van der Waals surface area contributed by atoms with E-state index < -0.39 is 17.6 Å². The van der Waals surface area contributed by atoms with Crippen molar-refractivity contribution >= 4 is 28.9 Å². The van der Waals surface area contributed by atoms with E-state index in [1.165, 1.54) is 23.0 Å². The van der Waals surface area contributed by atoms with E-state index in [-0.39, 0.29) is 0 Å². The van der Waals surface area contributed by atoms with Gasteiger partial charge in [0.2, 0.25) is 0 Å². The molecule has 34 heavy (non-hydrogen) atoms. The van der Waals surface area contributed by atoms with Gasteiger partial charge in [0.05, 0.1) is 5.56 Å². The topological polar surface area (TPSA) is 30.0 Å². The molecule has 0 saturated carbocycles. The molecule has 2 aromatic carbocycles. The highest BCUT2D eigenvalue weighted by Crippen LogP contribution is 2.35. The number of carbonyl (C=O) groups is 1. The van der Waals surface area contributed by atoms with Crippen molar-refractivity contribution in [3.63, 3.8) is 0 Å². The van der Waals surface area contributed by atoms with Gasteiger partial charge in [-0.1, -0.05) is 32.9 Å². The summed E-state index contributed by atoms with van der Waals surface area (Å²) in [5.74, 6) is -0.360. The van der Waals surface area contributed by atoms with Crippen LogP contribution in [0.25, 0.3) is 10.6 Å². The molecule has 8 heteroatoms. The van der Waals surface area contributed by atoms with Crippen LogP contribution in [0.3, 0.4) is 0 Å². The molecule has 0 aliphatic heterocycles. The van der Waals surface area contributed by atoms with Crippen molar-refractivity contribution in [1.29, 1.82) is 0 Å². The minimum Gasteiger partial charge on any atom is -0.300 e. The van der Waals surface area contributed by atoms with Gasteiger partial charge in [-0.25, -0.2) is 9.37 Å². The van der Waals surface area contributed by atoms with E-state index >= 15 is 0 Å². The van der Waals surface area contributed by atoms with Crippen LogP contribution in [0.15, 0.2) is 47.5 Å². The normalized spacial score (nSPS) is 11.2. The second kappa shape index (κ2) is 13.0. The van der Waals surface area contributed by atoms with Crippen molar-refractivity contribution in [2.45, 2.75) is 70.2 Å². The molecular formula is C26H29F4NOS2. The number of carbonyl (C=O) groups excluding carboxylic acids is 1. The van der Waals surface area contributed by atoms with E-state index in [0.29, 0.717) is 34.9 Å². The molecule has 1 heterocycles. The Labute approximate surface area is 206 Å². The van der Waals surface area contributed by atoms with Gasteiger partial charge in [-0.15, -0.1) is 23.1 Å². The third kappa shape index (κ3) is 7.94. The summed E-state index contributed by atoms with van der Waals surface area (Å²) in [6.07, 6.45) is -0.231. The number of halogens is 4. The number of aromatic nitrogens is 1. The Morgan fingerprint density at radius 2 is 1.82 bits per heavy atom. The zero-order valence-corrected chi connectivity index (χ0v) is 21.4. The van der Waals surface area contributed by atoms with Gasteiger partial charge in [0, 0.05) is 40.1 Å². The molecule has 0 saturated heterocycles. The van der Waals surface area contributed by atoms with E-state index in [1.807, 2.05) is 33.8 Å². The Hall–Kier alpha value is -2.19. The number of rotatable bonds is 9. The molecule has 0 aliphatic carbocycles. The first-order chi connectivity index (χ1) is 16.2. The molecule has 0 amide bonds. The number of hydrogen-bond donors (Lipinski definition) is 0. The second-order valence-corrected chi connectivity index (χ2v) is 9.65. The molecule has 0 N–H and O–H groups in total. The summed E-state index contributed by atoms with van der Waals surface area (Å²) in [6, 6.07) is 9.06. The SMILES string of the molecule is CC.CCCC(=O)CCc1ccc(SCc2cnc(-c3ccc(C(F)(F)F)c(F)c3)s2)cc1C. The largest absolute Gasteiger partial charge is 0.419 e. The van der Waals surface area contributed by atoms with Crippen LogP contribution in [-0.2, 0) is 23.1 Å². The summed E-state index contributed by atoms with van der Waals surface area (Å²) in [6.45, 7) is 8.04. The van der Waals surface area contributed by atoms with E-state index in [1.54, 1.807) is 18.0 Å². The maximum absolute atomic E-state index is 13.8. The van der Waals surface area contributed by atoms with Gasteiger partial charge in [-0.05, 0) is 55.2 Å². The Bertz CT molecular complexity index is 1090. The molecule has 0 bridgehead atoms. The van der Waals surface area contributed by atoms with Crippen molar-refractivity contribution in [2.24, 2.45) is 0 Å². The van der Waals surface area contributed by atoms with E-state index in [0.717, 1.165) is 40.3 Å². The summed E-state index contributed by atoms with van der Waals surface area (Å²) >= 11 is 2.96. The molecule has 0 fully saturated rings. The molecule has 0 radical (unpaired) electrons. The number of hydrogen-bond acceptors (Lipinski definition) is 4. The van der Waals surface area contributed by atoms with Gasteiger partial charge in [0.1, 0.15) is 16.6 Å². The van der Waals surface area contributed by atoms with Crippen LogP contribution < -0.4 is 0 Å². The van der Waals surface area contributed by atoms with Gasteiger partial charge in [0.15, 0.2) is 0 Å². The lowest BCUT2D eigenvalue weighted by Crippen LogP contribution is -2.07. The predicted molar refractivity (Wildman–Crippen MR) is 133 cm³/mol. The summed E-state index contributed by atoms with van der Waals surface area (Å²) < 4.78 is 52.1. The highest BCUT2D eigenvalue weighted by Gasteiger charge is 2.34. The molecule has 0 unspecified atom stereocenters. The van der Waals surface area contributed by atoms with Crippen LogP contribution in [0.4, 0.5) is 17.6 Å². The molecule has 184 valence electrons. The predicted octanol–water partition coefficient (Wildman–Crippen LogP) is 8.90. The summed E-state index contributed by atoms with van der Waals surface area (Å²) in [5.41, 5.74) is 1.37. The maximum atomic E-state index is 13.8. The van der Waals surface area contributed by atoms with Crippen LogP contribution in [0.5, 0.6) is 0 Å². The van der Waals surface area contributed by atoms with Crippen molar-refractivity contribution in [3.8, 4) is 10.6 Å². The second-order valence-electron chi connectivity index (χ2n) is 7.49. The lowest BCUT2D eigenvalue weighted by atomic mass is 10.0. The molecule has 2 nitrogen and oxygen atoms in total. The Kier molecular flexibility index (Phi) is 10.8. The smallest absolute Gasteiger partial charge is 0.300 e. The molecule has 0 aliphatic rings. The van der Waals surface area contributed by atoms with Crippen LogP contribution in [0.1, 0.15) is 61.6 Å². The third-order valence-electron chi connectivity index (χ3n) is 4.97. The fourth-order valence-corrected chi connectivity index (χ4v) is 5.18. The quantitative estimate of drug-likeness (QED) is 0.212. The molecule has 0 atom stereocenters. The summed E-state index contributed by atoms with van der Waals surface area (Å²) in [5, 5.41) is 0.483. The Balaban J connectivity index is 0.00000199. The lowest BCUT2D eigenvalue weighted by molar-refractivity contribution is -0.140. The molecular weight excluding hydrogens is 482 g/mol. The average molecular weight is 512 g/mol. The number of aryl methyl sites for hydroxylation is 2. The molecule has 1 aromatic heterocycles. The maximum Gasteiger partial charge on any atom is 0.419 e. The van der Waals surface area contributed by atoms with E-state index in [2.05, 4.69) is 17.1 Å². The Morgan fingerprint density at radius 3 is 2.44 bits per heavy atom. The molecule has 0 spiro atoms. The van der Waals surface area contributed by atoms with Crippen LogP contribution >= 0.6 is 23.1 Å². The van der Waals surface area contributed by atoms with E-state index in [4.69, 9.17) is 0 Å². The fourth-order valence-electron chi connectivity index (χ4n) is 3.26. The first-order valence-corrected chi connectivity index (χ1v) is 13.0. The fraction of sp³-hybridized carbons (Fsp3) is 0.385. The van der Waals surface area contributed by atoms with E-state index in [9.17, 15) is 22.4 Å². The van der Waals surface area contributed by atoms with Crippen molar-refractivity contribution < 1.29 is 22.4 Å². The van der Waals surface area contributed by atoms with Crippen molar-refractivity contribution in [1.82, 2.24) is 4.98 Å². The van der Waals surface area contributed by atoms with Gasteiger partial charge in [-0.3, -0.25) is 4.79 Å². The van der Waals surface area contributed by atoms with Gasteiger partial charge in [-0.2, -0.15) is 13.2 Å². The molecule has 3 aromatic rings. The van der Waals surface area contributed by atoms with Crippen molar-refractivity contribution in [2.75, 3.05) is 0 Å². The first kappa shape index (κ1) is 28.1. The Morgan fingerprint density at radius 1 is 1.09 bits per heavy atom. The number of benzene rings is 2. The highest BCUT2D eigenvalue weighted by molar-refractivity contribution is 7.98. The number of ketones is 1. The minimum absolute atomic E-state index is 0.291. The third-order valence-corrected chi connectivity index (χ3v) is 7.24. The first-order valence-electron chi connectivity index (χ1n) is 11.2. The summed E-state index contributed by atoms with van der Waals surface area (Å²) in [4.78, 5) is 18.0. The van der Waals surface area contributed by atoms with Crippen LogP contribution in [-0.4, -0.2) is 10.8 Å².